The Balaban J connectivity index is 1.49. The number of benzene rings is 6. The van der Waals surface area contributed by atoms with E-state index in [1.54, 1.807) is 0 Å². The standard InChI is InChI=1S/C35H26BrN/c1-35(2)30-21-25(19-20-29(30)34-28-17-9-8-16-27(28)32(36)22-31(34)35)37(24-13-4-3-5-14-24)33-18-10-12-23-11-6-7-15-26(23)33/h3-22H,1-2H3. The van der Waals surface area contributed by atoms with Crippen molar-refractivity contribution in [3.8, 4) is 11.1 Å². The molecule has 1 aliphatic carbocycles. The van der Waals surface area contributed by atoms with Crippen molar-refractivity contribution >= 4 is 54.5 Å². The van der Waals surface area contributed by atoms with Crippen LogP contribution in [0.5, 0.6) is 0 Å². The molecule has 0 bridgehead atoms. The molecule has 178 valence electrons. The van der Waals surface area contributed by atoms with Crippen LogP contribution in [0, 0.1) is 0 Å². The summed E-state index contributed by atoms with van der Waals surface area (Å²) in [6.07, 6.45) is 0. The van der Waals surface area contributed by atoms with Crippen LogP contribution in [0.25, 0.3) is 32.7 Å². The fourth-order valence-electron chi connectivity index (χ4n) is 6.07. The van der Waals surface area contributed by atoms with Gasteiger partial charge >= 0.3 is 0 Å². The van der Waals surface area contributed by atoms with Gasteiger partial charge in [0.15, 0.2) is 0 Å². The van der Waals surface area contributed by atoms with Gasteiger partial charge in [-0.3, -0.25) is 0 Å². The van der Waals surface area contributed by atoms with Crippen LogP contribution >= 0.6 is 15.9 Å². The molecule has 0 atom stereocenters. The quantitative estimate of drug-likeness (QED) is 0.216. The molecule has 0 aliphatic heterocycles. The van der Waals surface area contributed by atoms with E-state index in [1.807, 2.05) is 0 Å². The van der Waals surface area contributed by atoms with Crippen LogP contribution in [-0.4, -0.2) is 0 Å². The SMILES string of the molecule is CC1(C)c2cc(N(c3ccccc3)c3cccc4ccccc34)ccc2-c2c1cc(Br)c1ccccc21. The Morgan fingerprint density at radius 2 is 1.24 bits per heavy atom. The van der Waals surface area contributed by atoms with Gasteiger partial charge in [-0.1, -0.05) is 115 Å². The van der Waals surface area contributed by atoms with Crippen molar-refractivity contribution in [2.45, 2.75) is 19.3 Å². The summed E-state index contributed by atoms with van der Waals surface area (Å²) in [6, 6.07) is 44.0. The third kappa shape index (κ3) is 3.36. The molecule has 1 aliphatic rings. The molecule has 0 aromatic heterocycles. The Bertz CT molecular complexity index is 1810. The lowest BCUT2D eigenvalue weighted by molar-refractivity contribution is 0.660. The lowest BCUT2D eigenvalue weighted by atomic mass is 9.82. The number of fused-ring (bicyclic) bond motifs is 6. The van der Waals surface area contributed by atoms with E-state index in [0.29, 0.717) is 0 Å². The average Bonchev–Trinajstić information content (AvgIpc) is 3.16. The monoisotopic (exact) mass is 539 g/mol. The summed E-state index contributed by atoms with van der Waals surface area (Å²) in [5.41, 5.74) is 8.83. The zero-order chi connectivity index (χ0) is 25.1. The van der Waals surface area contributed by atoms with E-state index >= 15 is 0 Å². The molecule has 7 rings (SSSR count). The van der Waals surface area contributed by atoms with Crippen molar-refractivity contribution in [2.24, 2.45) is 0 Å². The highest BCUT2D eigenvalue weighted by Crippen LogP contribution is 2.54. The molecule has 2 heteroatoms. The van der Waals surface area contributed by atoms with Gasteiger partial charge in [-0.2, -0.15) is 0 Å². The van der Waals surface area contributed by atoms with E-state index in [2.05, 4.69) is 156 Å². The number of halogens is 1. The number of anilines is 3. The number of hydrogen-bond donors (Lipinski definition) is 0. The molecule has 0 amide bonds. The van der Waals surface area contributed by atoms with Crippen molar-refractivity contribution in [3.05, 3.63) is 137 Å². The van der Waals surface area contributed by atoms with Gasteiger partial charge in [0.05, 0.1) is 5.69 Å². The minimum atomic E-state index is -0.117. The minimum Gasteiger partial charge on any atom is -0.310 e. The fraction of sp³-hybridized carbons (Fsp3) is 0.0857. The van der Waals surface area contributed by atoms with Crippen molar-refractivity contribution in [1.82, 2.24) is 0 Å². The molecule has 1 nitrogen and oxygen atoms in total. The Labute approximate surface area is 226 Å². The Kier molecular flexibility index (Phi) is 5.02. The van der Waals surface area contributed by atoms with Gasteiger partial charge in [-0.05, 0) is 74.8 Å². The number of hydrogen-bond acceptors (Lipinski definition) is 1. The molecule has 0 fully saturated rings. The van der Waals surface area contributed by atoms with Crippen LogP contribution in [0.4, 0.5) is 17.1 Å². The topological polar surface area (TPSA) is 3.24 Å². The van der Waals surface area contributed by atoms with Crippen LogP contribution in [0.15, 0.2) is 126 Å². The predicted octanol–water partition coefficient (Wildman–Crippen LogP) is 10.5. The molecule has 0 saturated heterocycles. The van der Waals surface area contributed by atoms with Gasteiger partial charge in [0.2, 0.25) is 0 Å². The van der Waals surface area contributed by atoms with Crippen LogP contribution in [0.3, 0.4) is 0 Å². The fourth-order valence-corrected chi connectivity index (χ4v) is 6.65. The number of nitrogens with zero attached hydrogens (tertiary/aromatic N) is 1. The van der Waals surface area contributed by atoms with Crippen molar-refractivity contribution in [3.63, 3.8) is 0 Å². The highest BCUT2D eigenvalue weighted by molar-refractivity contribution is 9.10. The third-order valence-electron chi connectivity index (χ3n) is 7.89. The molecular weight excluding hydrogens is 514 g/mol. The van der Waals surface area contributed by atoms with Crippen LogP contribution in [0.2, 0.25) is 0 Å². The highest BCUT2D eigenvalue weighted by atomic mass is 79.9. The summed E-state index contributed by atoms with van der Waals surface area (Å²) < 4.78 is 1.16. The van der Waals surface area contributed by atoms with E-state index < -0.39 is 0 Å². The van der Waals surface area contributed by atoms with Crippen molar-refractivity contribution in [2.75, 3.05) is 4.90 Å². The first-order valence-electron chi connectivity index (χ1n) is 12.7. The van der Waals surface area contributed by atoms with E-state index in [1.165, 1.54) is 55.2 Å². The van der Waals surface area contributed by atoms with E-state index in [-0.39, 0.29) is 5.41 Å². The Hall–Kier alpha value is -3.88. The van der Waals surface area contributed by atoms with Gasteiger partial charge in [0.25, 0.3) is 0 Å². The maximum absolute atomic E-state index is 3.86. The normalized spacial score (nSPS) is 13.5. The summed E-state index contributed by atoms with van der Waals surface area (Å²) in [4.78, 5) is 2.40. The van der Waals surface area contributed by atoms with Crippen molar-refractivity contribution in [1.29, 1.82) is 0 Å². The maximum Gasteiger partial charge on any atom is 0.0540 e. The smallest absolute Gasteiger partial charge is 0.0540 e. The number of para-hydroxylation sites is 1. The van der Waals surface area contributed by atoms with Crippen molar-refractivity contribution < 1.29 is 0 Å². The number of rotatable bonds is 3. The first kappa shape index (κ1) is 22.3. The lowest BCUT2D eigenvalue weighted by Crippen LogP contribution is -2.16. The van der Waals surface area contributed by atoms with E-state index in [9.17, 15) is 0 Å². The summed E-state index contributed by atoms with van der Waals surface area (Å²) in [5, 5.41) is 5.05. The second-order valence-electron chi connectivity index (χ2n) is 10.4. The molecule has 6 aromatic carbocycles. The van der Waals surface area contributed by atoms with Crippen LogP contribution < -0.4 is 4.90 Å². The van der Waals surface area contributed by atoms with Gasteiger partial charge in [0.1, 0.15) is 0 Å². The van der Waals surface area contributed by atoms with Crippen LogP contribution in [-0.2, 0) is 5.41 Å². The third-order valence-corrected chi connectivity index (χ3v) is 8.55. The largest absolute Gasteiger partial charge is 0.310 e. The minimum absolute atomic E-state index is 0.117. The van der Waals surface area contributed by atoms with Gasteiger partial charge in [-0.25, -0.2) is 0 Å². The second-order valence-corrected chi connectivity index (χ2v) is 11.2. The van der Waals surface area contributed by atoms with E-state index in [4.69, 9.17) is 0 Å². The van der Waals surface area contributed by atoms with Gasteiger partial charge in [-0.15, -0.1) is 0 Å². The van der Waals surface area contributed by atoms with E-state index in [0.717, 1.165) is 10.2 Å². The van der Waals surface area contributed by atoms with Crippen LogP contribution in [0.1, 0.15) is 25.0 Å². The zero-order valence-electron chi connectivity index (χ0n) is 20.9. The molecule has 0 radical (unpaired) electrons. The molecule has 0 heterocycles. The molecule has 6 aromatic rings. The first-order chi connectivity index (χ1) is 18.0. The Morgan fingerprint density at radius 1 is 0.568 bits per heavy atom. The predicted molar refractivity (Wildman–Crippen MR) is 161 cm³/mol. The molecule has 37 heavy (non-hydrogen) atoms. The summed E-state index contributed by atoms with van der Waals surface area (Å²) in [5.74, 6) is 0. The molecular formula is C35H26BrN. The summed E-state index contributed by atoms with van der Waals surface area (Å²) >= 11 is 3.86. The first-order valence-corrected chi connectivity index (χ1v) is 13.5. The Morgan fingerprint density at radius 3 is 2.05 bits per heavy atom. The maximum atomic E-state index is 3.86. The average molecular weight is 541 g/mol. The summed E-state index contributed by atoms with van der Waals surface area (Å²) in [6.45, 7) is 4.71. The van der Waals surface area contributed by atoms with Gasteiger partial charge < -0.3 is 4.90 Å². The zero-order valence-corrected chi connectivity index (χ0v) is 22.5. The highest BCUT2D eigenvalue weighted by Gasteiger charge is 2.37. The summed E-state index contributed by atoms with van der Waals surface area (Å²) in [7, 11) is 0. The molecule has 0 unspecified atom stereocenters. The van der Waals surface area contributed by atoms with Gasteiger partial charge in [0, 0.05) is 26.6 Å². The molecule has 0 saturated carbocycles. The second kappa shape index (κ2) is 8.33. The molecule has 0 N–H and O–H groups in total. The lowest BCUT2D eigenvalue weighted by Gasteiger charge is -2.29. The molecule has 0 spiro atoms.